The minimum Gasteiger partial charge on any atom is -0.508 e. The van der Waals surface area contributed by atoms with Crippen molar-refractivity contribution < 1.29 is 29.4 Å². The molecule has 0 radical (unpaired) electrons. The Hall–Kier alpha value is -3.63. The van der Waals surface area contributed by atoms with Gasteiger partial charge in [0.15, 0.2) is 0 Å². The summed E-state index contributed by atoms with van der Waals surface area (Å²) in [5.41, 5.74) is 0.898. The van der Waals surface area contributed by atoms with Crippen molar-refractivity contribution in [3.05, 3.63) is 64.2 Å². The van der Waals surface area contributed by atoms with Gasteiger partial charge in [-0.2, -0.15) is 0 Å². The number of aromatic hydroxyl groups is 1. The SMILES string of the molecule is O=C(NCc1cccc(O)c1)c1ccc(C(=O)NC(CNC(=O)C2CCNCC2)C(=O)O)c(Cl)c1. The van der Waals surface area contributed by atoms with E-state index in [9.17, 15) is 29.4 Å². The number of benzene rings is 2. The zero-order valence-electron chi connectivity index (χ0n) is 18.8. The lowest BCUT2D eigenvalue weighted by Crippen LogP contribution is -2.50. The van der Waals surface area contributed by atoms with Gasteiger partial charge in [-0.1, -0.05) is 23.7 Å². The summed E-state index contributed by atoms with van der Waals surface area (Å²) in [5.74, 6) is -2.84. The molecule has 0 aliphatic carbocycles. The van der Waals surface area contributed by atoms with Crippen molar-refractivity contribution in [1.29, 1.82) is 0 Å². The highest BCUT2D eigenvalue weighted by molar-refractivity contribution is 6.34. The number of carboxylic acids is 1. The van der Waals surface area contributed by atoms with Crippen molar-refractivity contribution >= 4 is 35.3 Å². The van der Waals surface area contributed by atoms with E-state index in [1.807, 2.05) is 0 Å². The monoisotopic (exact) mass is 502 g/mol. The molecule has 0 saturated carbocycles. The van der Waals surface area contributed by atoms with Gasteiger partial charge in [-0.3, -0.25) is 14.4 Å². The first-order chi connectivity index (χ1) is 16.7. The van der Waals surface area contributed by atoms with Gasteiger partial charge in [-0.05, 0) is 61.8 Å². The van der Waals surface area contributed by atoms with Gasteiger partial charge in [0, 0.05) is 24.6 Å². The summed E-state index contributed by atoms with van der Waals surface area (Å²) in [6.45, 7) is 1.35. The Morgan fingerprint density at radius 3 is 2.43 bits per heavy atom. The molecule has 35 heavy (non-hydrogen) atoms. The molecule has 1 atom stereocenters. The molecular formula is C24H27ClN4O6. The van der Waals surface area contributed by atoms with Gasteiger partial charge in [-0.25, -0.2) is 4.79 Å². The molecule has 2 aromatic carbocycles. The molecule has 1 saturated heterocycles. The quantitative estimate of drug-likeness (QED) is 0.301. The zero-order chi connectivity index (χ0) is 25.4. The highest BCUT2D eigenvalue weighted by Gasteiger charge is 2.26. The van der Waals surface area contributed by atoms with Crippen molar-refractivity contribution in [1.82, 2.24) is 21.3 Å². The highest BCUT2D eigenvalue weighted by atomic mass is 35.5. The average molecular weight is 503 g/mol. The van der Waals surface area contributed by atoms with Gasteiger partial charge in [0.05, 0.1) is 10.6 Å². The van der Waals surface area contributed by atoms with E-state index in [4.69, 9.17) is 11.6 Å². The second-order valence-electron chi connectivity index (χ2n) is 8.18. The fourth-order valence-electron chi connectivity index (χ4n) is 3.66. The Balaban J connectivity index is 1.57. The second-order valence-corrected chi connectivity index (χ2v) is 8.59. The van der Waals surface area contributed by atoms with E-state index in [1.54, 1.807) is 12.1 Å². The molecule has 1 heterocycles. The lowest BCUT2D eigenvalue weighted by Gasteiger charge is -2.23. The van der Waals surface area contributed by atoms with Gasteiger partial charge in [0.25, 0.3) is 11.8 Å². The van der Waals surface area contributed by atoms with Gasteiger partial charge in [-0.15, -0.1) is 0 Å². The average Bonchev–Trinajstić information content (AvgIpc) is 2.85. The Labute approximate surface area is 207 Å². The molecule has 1 aliphatic rings. The van der Waals surface area contributed by atoms with E-state index in [2.05, 4.69) is 21.3 Å². The summed E-state index contributed by atoms with van der Waals surface area (Å²) in [6.07, 6.45) is 1.33. The lowest BCUT2D eigenvalue weighted by molar-refractivity contribution is -0.139. The predicted molar refractivity (Wildman–Crippen MR) is 128 cm³/mol. The molecule has 1 aliphatic heterocycles. The summed E-state index contributed by atoms with van der Waals surface area (Å²) in [6, 6.07) is 9.12. The number of carboxylic acid groups (broad SMARTS) is 1. The largest absolute Gasteiger partial charge is 0.508 e. The number of phenols is 1. The van der Waals surface area contributed by atoms with Crippen molar-refractivity contribution in [2.45, 2.75) is 25.4 Å². The molecule has 1 unspecified atom stereocenters. The maximum Gasteiger partial charge on any atom is 0.328 e. The van der Waals surface area contributed by atoms with Crippen molar-refractivity contribution in [2.75, 3.05) is 19.6 Å². The van der Waals surface area contributed by atoms with Gasteiger partial charge >= 0.3 is 5.97 Å². The number of halogens is 1. The molecule has 3 rings (SSSR count). The van der Waals surface area contributed by atoms with Crippen LogP contribution in [-0.2, 0) is 16.1 Å². The summed E-state index contributed by atoms with van der Waals surface area (Å²) in [4.78, 5) is 49.0. The van der Waals surface area contributed by atoms with E-state index in [1.165, 1.54) is 30.3 Å². The van der Waals surface area contributed by atoms with E-state index in [0.717, 1.165) is 13.1 Å². The first kappa shape index (κ1) is 26.0. The van der Waals surface area contributed by atoms with Crippen LogP contribution in [-0.4, -0.2) is 59.6 Å². The summed E-state index contributed by atoms with van der Waals surface area (Å²) >= 11 is 6.20. The molecule has 0 spiro atoms. The van der Waals surface area contributed by atoms with Crippen LogP contribution in [0.4, 0.5) is 0 Å². The number of amides is 3. The zero-order valence-corrected chi connectivity index (χ0v) is 19.6. The normalized spacial score (nSPS) is 14.5. The number of phenolic OH excluding ortho intramolecular Hbond substituents is 1. The van der Waals surface area contributed by atoms with Crippen molar-refractivity contribution in [2.24, 2.45) is 5.92 Å². The molecule has 10 nitrogen and oxygen atoms in total. The Morgan fingerprint density at radius 2 is 1.77 bits per heavy atom. The third-order valence-electron chi connectivity index (χ3n) is 5.63. The minimum absolute atomic E-state index is 0.00729. The number of hydrogen-bond acceptors (Lipinski definition) is 6. The fourth-order valence-corrected chi connectivity index (χ4v) is 3.92. The third kappa shape index (κ3) is 7.43. The number of nitrogens with one attached hydrogen (secondary N) is 4. The maximum absolute atomic E-state index is 12.6. The van der Waals surface area contributed by atoms with Gasteiger partial charge < -0.3 is 31.5 Å². The third-order valence-corrected chi connectivity index (χ3v) is 5.95. The number of hydrogen-bond donors (Lipinski definition) is 6. The van der Waals surface area contributed by atoms with Crippen LogP contribution in [0.3, 0.4) is 0 Å². The van der Waals surface area contributed by atoms with Crippen LogP contribution in [0.2, 0.25) is 5.02 Å². The van der Waals surface area contributed by atoms with Crippen LogP contribution < -0.4 is 21.3 Å². The topological polar surface area (TPSA) is 157 Å². The molecular weight excluding hydrogens is 476 g/mol. The molecule has 6 N–H and O–H groups in total. The standard InChI is InChI=1S/C24H27ClN4O6/c25-19-11-16(22(32)27-12-14-2-1-3-17(30)10-14)4-5-18(19)23(33)29-20(24(34)35)13-28-21(31)15-6-8-26-9-7-15/h1-5,10-11,15,20,26,30H,6-9,12-13H2,(H,27,32)(H,28,31)(H,29,33)(H,34,35). The second kappa shape index (κ2) is 12.2. The fraction of sp³-hybridized carbons (Fsp3) is 0.333. The minimum atomic E-state index is -1.35. The van der Waals surface area contributed by atoms with E-state index >= 15 is 0 Å². The van der Waals surface area contributed by atoms with Crippen LogP contribution in [0.15, 0.2) is 42.5 Å². The van der Waals surface area contributed by atoms with Gasteiger partial charge in [0.2, 0.25) is 5.91 Å². The van der Waals surface area contributed by atoms with Crippen molar-refractivity contribution in [3.8, 4) is 5.75 Å². The number of rotatable bonds is 9. The molecule has 3 amide bonds. The van der Waals surface area contributed by atoms with Gasteiger partial charge in [0.1, 0.15) is 11.8 Å². The molecule has 1 fully saturated rings. The van der Waals surface area contributed by atoms with Crippen LogP contribution in [0.1, 0.15) is 39.1 Å². The van der Waals surface area contributed by atoms with Crippen LogP contribution >= 0.6 is 11.6 Å². The Morgan fingerprint density at radius 1 is 1.03 bits per heavy atom. The molecule has 2 aromatic rings. The summed E-state index contributed by atoms with van der Waals surface area (Å²) < 4.78 is 0. The number of piperidine rings is 1. The van der Waals surface area contributed by atoms with E-state index < -0.39 is 23.8 Å². The van der Waals surface area contributed by atoms with Crippen LogP contribution in [0.25, 0.3) is 0 Å². The van der Waals surface area contributed by atoms with Crippen molar-refractivity contribution in [3.63, 3.8) is 0 Å². The lowest BCUT2D eigenvalue weighted by atomic mass is 9.97. The predicted octanol–water partition coefficient (Wildman–Crippen LogP) is 1.27. The molecule has 0 aromatic heterocycles. The number of carbonyl (C=O) groups excluding carboxylic acids is 3. The maximum atomic E-state index is 12.6. The molecule has 186 valence electrons. The Bertz CT molecular complexity index is 1100. The van der Waals surface area contributed by atoms with Crippen LogP contribution in [0, 0.1) is 5.92 Å². The number of carbonyl (C=O) groups is 4. The number of aliphatic carboxylic acids is 1. The highest BCUT2D eigenvalue weighted by Crippen LogP contribution is 2.19. The molecule has 11 heteroatoms. The first-order valence-electron chi connectivity index (χ1n) is 11.1. The van der Waals surface area contributed by atoms with Crippen LogP contribution in [0.5, 0.6) is 5.75 Å². The summed E-state index contributed by atoms with van der Waals surface area (Å²) in [5, 5.41) is 29.7. The van der Waals surface area contributed by atoms with E-state index in [-0.39, 0.29) is 46.8 Å². The smallest absolute Gasteiger partial charge is 0.328 e. The molecule has 0 bridgehead atoms. The first-order valence-corrected chi connectivity index (χ1v) is 11.5. The summed E-state index contributed by atoms with van der Waals surface area (Å²) in [7, 11) is 0. The van der Waals surface area contributed by atoms with E-state index in [0.29, 0.717) is 18.4 Å². The Kier molecular flexibility index (Phi) is 9.04.